The molecule has 0 aliphatic carbocycles. The lowest BCUT2D eigenvalue weighted by atomic mass is 10.1. The summed E-state index contributed by atoms with van der Waals surface area (Å²) >= 11 is 0. The zero-order valence-electron chi connectivity index (χ0n) is 10.1. The van der Waals surface area contributed by atoms with Gasteiger partial charge in [0.1, 0.15) is 0 Å². The largest absolute Gasteiger partial charge is 0.378 e. The van der Waals surface area contributed by atoms with Crippen LogP contribution in [0, 0.1) is 0 Å². The van der Waals surface area contributed by atoms with E-state index in [1.54, 1.807) is 4.90 Å². The Hall–Kier alpha value is -1.10. The molecule has 0 saturated carbocycles. The molecule has 0 spiro atoms. The second-order valence-electron chi connectivity index (χ2n) is 4.65. The summed E-state index contributed by atoms with van der Waals surface area (Å²) in [5, 5.41) is 2.77. The van der Waals surface area contributed by atoms with Gasteiger partial charge in [0.15, 0.2) is 0 Å². The van der Waals surface area contributed by atoms with Crippen molar-refractivity contribution in [2.45, 2.75) is 38.2 Å². The van der Waals surface area contributed by atoms with Crippen LogP contribution in [0.4, 0.5) is 0 Å². The Kier molecular flexibility index (Phi) is 4.36. The summed E-state index contributed by atoms with van der Waals surface area (Å²) in [6.45, 7) is 2.60. The highest BCUT2D eigenvalue weighted by molar-refractivity contribution is 5.80. The molecule has 2 rings (SSSR count). The normalized spacial score (nSPS) is 25.5. The van der Waals surface area contributed by atoms with Crippen molar-refractivity contribution in [2.24, 2.45) is 0 Å². The van der Waals surface area contributed by atoms with Gasteiger partial charge < -0.3 is 15.0 Å². The van der Waals surface area contributed by atoms with Crippen molar-refractivity contribution in [2.75, 3.05) is 26.2 Å². The van der Waals surface area contributed by atoms with Crippen LogP contribution in [-0.2, 0) is 14.3 Å². The van der Waals surface area contributed by atoms with Crippen molar-refractivity contribution >= 4 is 11.8 Å². The fourth-order valence-electron chi connectivity index (χ4n) is 2.33. The van der Waals surface area contributed by atoms with Crippen LogP contribution in [0.5, 0.6) is 0 Å². The van der Waals surface area contributed by atoms with Crippen molar-refractivity contribution in [1.29, 1.82) is 0 Å². The van der Waals surface area contributed by atoms with Gasteiger partial charge in [0.25, 0.3) is 0 Å². The molecule has 2 aliphatic rings. The maximum atomic E-state index is 11.9. The SMILES string of the molecule is O=C1CCN(C(=O)CCC2CCCO2)CCN1. The van der Waals surface area contributed by atoms with Gasteiger partial charge in [0.05, 0.1) is 6.10 Å². The molecule has 0 aromatic rings. The maximum absolute atomic E-state index is 11.9. The standard InChI is InChI=1S/C12H20N2O3/c15-11-5-7-14(8-6-13-11)12(16)4-3-10-2-1-9-17-10/h10H,1-9H2,(H,13,15). The molecule has 2 fully saturated rings. The molecule has 1 atom stereocenters. The minimum absolute atomic E-state index is 0.0411. The first-order valence-electron chi connectivity index (χ1n) is 6.42. The summed E-state index contributed by atoms with van der Waals surface area (Å²) in [5.74, 6) is 0.191. The molecule has 17 heavy (non-hydrogen) atoms. The smallest absolute Gasteiger partial charge is 0.222 e. The van der Waals surface area contributed by atoms with Gasteiger partial charge in [-0.1, -0.05) is 0 Å². The average molecular weight is 240 g/mol. The molecule has 5 heteroatoms. The highest BCUT2D eigenvalue weighted by Crippen LogP contribution is 2.17. The fraction of sp³-hybridized carbons (Fsp3) is 0.833. The first-order chi connectivity index (χ1) is 8.25. The summed E-state index contributed by atoms with van der Waals surface area (Å²) in [4.78, 5) is 24.9. The van der Waals surface area contributed by atoms with Crippen LogP contribution in [-0.4, -0.2) is 49.1 Å². The highest BCUT2D eigenvalue weighted by Gasteiger charge is 2.21. The predicted molar refractivity (Wildman–Crippen MR) is 62.4 cm³/mol. The number of nitrogens with one attached hydrogen (secondary N) is 1. The van der Waals surface area contributed by atoms with Crippen LogP contribution in [0.15, 0.2) is 0 Å². The van der Waals surface area contributed by atoms with Crippen LogP contribution in [0.1, 0.15) is 32.1 Å². The van der Waals surface area contributed by atoms with Crippen LogP contribution in [0.25, 0.3) is 0 Å². The van der Waals surface area contributed by atoms with Gasteiger partial charge in [0, 0.05) is 39.1 Å². The van der Waals surface area contributed by atoms with Gasteiger partial charge in [-0.15, -0.1) is 0 Å². The third-order valence-corrected chi connectivity index (χ3v) is 3.37. The molecule has 2 amide bonds. The Balaban J connectivity index is 1.72. The minimum atomic E-state index is 0.0411. The molecule has 0 bridgehead atoms. The highest BCUT2D eigenvalue weighted by atomic mass is 16.5. The summed E-state index contributed by atoms with van der Waals surface area (Å²) < 4.78 is 5.50. The molecular weight excluding hydrogens is 220 g/mol. The molecule has 2 aliphatic heterocycles. The number of carbonyl (C=O) groups excluding carboxylic acids is 2. The zero-order valence-corrected chi connectivity index (χ0v) is 10.1. The lowest BCUT2D eigenvalue weighted by Gasteiger charge is -2.20. The van der Waals surface area contributed by atoms with E-state index in [4.69, 9.17) is 4.74 Å². The topological polar surface area (TPSA) is 58.6 Å². The van der Waals surface area contributed by atoms with E-state index in [1.807, 2.05) is 0 Å². The van der Waals surface area contributed by atoms with E-state index in [-0.39, 0.29) is 17.9 Å². The molecule has 1 unspecified atom stereocenters. The molecule has 0 radical (unpaired) electrons. The van der Waals surface area contributed by atoms with Gasteiger partial charge in [-0.3, -0.25) is 9.59 Å². The summed E-state index contributed by atoms with van der Waals surface area (Å²) in [6, 6.07) is 0. The number of rotatable bonds is 3. The molecule has 2 saturated heterocycles. The number of hydrogen-bond donors (Lipinski definition) is 1. The summed E-state index contributed by atoms with van der Waals surface area (Å²) in [7, 11) is 0. The summed E-state index contributed by atoms with van der Waals surface area (Å²) in [6.07, 6.45) is 4.24. The van der Waals surface area contributed by atoms with E-state index in [0.29, 0.717) is 32.5 Å². The molecular formula is C12H20N2O3. The Morgan fingerprint density at radius 2 is 2.35 bits per heavy atom. The van der Waals surface area contributed by atoms with Gasteiger partial charge in [0.2, 0.25) is 11.8 Å². The zero-order chi connectivity index (χ0) is 12.1. The van der Waals surface area contributed by atoms with Gasteiger partial charge in [-0.25, -0.2) is 0 Å². The van der Waals surface area contributed by atoms with Gasteiger partial charge in [-0.2, -0.15) is 0 Å². The molecule has 1 N–H and O–H groups in total. The Bertz CT molecular complexity index is 287. The van der Waals surface area contributed by atoms with Crippen molar-refractivity contribution in [3.63, 3.8) is 0 Å². The lowest BCUT2D eigenvalue weighted by molar-refractivity contribution is -0.131. The van der Waals surface area contributed by atoms with E-state index >= 15 is 0 Å². The average Bonchev–Trinajstić information content (AvgIpc) is 2.74. The fourth-order valence-corrected chi connectivity index (χ4v) is 2.33. The van der Waals surface area contributed by atoms with Crippen molar-refractivity contribution in [3.8, 4) is 0 Å². The first-order valence-corrected chi connectivity index (χ1v) is 6.42. The number of nitrogens with zero attached hydrogens (tertiary/aromatic N) is 1. The quantitative estimate of drug-likeness (QED) is 0.771. The maximum Gasteiger partial charge on any atom is 0.222 e. The molecule has 0 aromatic carbocycles. The number of hydrogen-bond acceptors (Lipinski definition) is 3. The van der Waals surface area contributed by atoms with E-state index in [0.717, 1.165) is 25.9 Å². The second kappa shape index (κ2) is 6.00. The van der Waals surface area contributed by atoms with Crippen LogP contribution in [0.3, 0.4) is 0 Å². The Morgan fingerprint density at radius 1 is 1.47 bits per heavy atom. The van der Waals surface area contributed by atoms with Gasteiger partial charge >= 0.3 is 0 Å². The van der Waals surface area contributed by atoms with Crippen molar-refractivity contribution < 1.29 is 14.3 Å². The molecule has 2 heterocycles. The van der Waals surface area contributed by atoms with Crippen LogP contribution < -0.4 is 5.32 Å². The second-order valence-corrected chi connectivity index (χ2v) is 4.65. The van der Waals surface area contributed by atoms with E-state index in [2.05, 4.69) is 5.32 Å². The summed E-state index contributed by atoms with van der Waals surface area (Å²) in [5.41, 5.74) is 0. The monoisotopic (exact) mass is 240 g/mol. The number of carbonyl (C=O) groups is 2. The Morgan fingerprint density at radius 3 is 3.12 bits per heavy atom. The van der Waals surface area contributed by atoms with Crippen molar-refractivity contribution in [3.05, 3.63) is 0 Å². The minimum Gasteiger partial charge on any atom is -0.378 e. The van der Waals surface area contributed by atoms with Crippen LogP contribution >= 0.6 is 0 Å². The number of amides is 2. The molecule has 5 nitrogen and oxygen atoms in total. The number of ether oxygens (including phenoxy) is 1. The van der Waals surface area contributed by atoms with E-state index in [1.165, 1.54) is 0 Å². The molecule has 0 aromatic heterocycles. The van der Waals surface area contributed by atoms with Crippen molar-refractivity contribution in [1.82, 2.24) is 10.2 Å². The van der Waals surface area contributed by atoms with Crippen LogP contribution in [0.2, 0.25) is 0 Å². The third kappa shape index (κ3) is 3.70. The first kappa shape index (κ1) is 12.4. The van der Waals surface area contributed by atoms with E-state index in [9.17, 15) is 9.59 Å². The predicted octanol–water partition coefficient (Wildman–Crippen LogP) is 0.294. The van der Waals surface area contributed by atoms with Gasteiger partial charge in [-0.05, 0) is 19.3 Å². The van der Waals surface area contributed by atoms with E-state index < -0.39 is 0 Å². The molecule has 96 valence electrons. The Labute approximate surface area is 101 Å². The lowest BCUT2D eigenvalue weighted by Crippen LogP contribution is -2.34. The third-order valence-electron chi connectivity index (χ3n) is 3.37.